The van der Waals surface area contributed by atoms with Crippen LogP contribution >= 0.6 is 0 Å². The predicted molar refractivity (Wildman–Crippen MR) is 72.0 cm³/mol. The molecule has 1 aromatic rings. The first-order valence-corrected chi connectivity index (χ1v) is 7.11. The Labute approximate surface area is 112 Å². The van der Waals surface area contributed by atoms with Crippen molar-refractivity contribution in [1.29, 1.82) is 5.26 Å². The Hall–Kier alpha value is -1.82. The number of hydrogen-bond acceptors (Lipinski definition) is 2. The van der Waals surface area contributed by atoms with Crippen LogP contribution in [0.25, 0.3) is 0 Å². The molecule has 0 unspecified atom stereocenters. The van der Waals surface area contributed by atoms with Crippen molar-refractivity contribution in [3.05, 3.63) is 28.8 Å². The molecule has 1 amide bonds. The van der Waals surface area contributed by atoms with Gasteiger partial charge in [0.25, 0.3) is 0 Å². The molecule has 0 N–H and O–H groups in total. The van der Waals surface area contributed by atoms with Crippen molar-refractivity contribution in [2.45, 2.75) is 43.9 Å². The van der Waals surface area contributed by atoms with E-state index in [0.29, 0.717) is 6.42 Å². The van der Waals surface area contributed by atoms with Gasteiger partial charge in [0.1, 0.15) is 0 Å². The Balaban J connectivity index is 1.87. The molecular weight excluding hydrogens is 236 g/mol. The van der Waals surface area contributed by atoms with Gasteiger partial charge in [-0.3, -0.25) is 4.79 Å². The summed E-state index contributed by atoms with van der Waals surface area (Å²) in [6.45, 7) is 0.824. The number of benzene rings is 1. The van der Waals surface area contributed by atoms with Crippen LogP contribution in [0, 0.1) is 11.3 Å². The lowest BCUT2D eigenvalue weighted by Gasteiger charge is -2.37. The van der Waals surface area contributed by atoms with Crippen LogP contribution in [-0.4, -0.2) is 12.5 Å². The van der Waals surface area contributed by atoms with Crippen molar-refractivity contribution in [2.24, 2.45) is 0 Å². The Bertz CT molecular complexity index is 622. The van der Waals surface area contributed by atoms with E-state index in [1.165, 1.54) is 16.7 Å². The summed E-state index contributed by atoms with van der Waals surface area (Å²) in [4.78, 5) is 13.8. The number of nitriles is 1. The van der Waals surface area contributed by atoms with E-state index in [1.807, 2.05) is 4.90 Å². The van der Waals surface area contributed by atoms with Crippen molar-refractivity contribution in [1.82, 2.24) is 0 Å². The van der Waals surface area contributed by atoms with Crippen LogP contribution in [0.1, 0.15) is 42.4 Å². The monoisotopic (exact) mass is 252 g/mol. The Morgan fingerprint density at radius 2 is 1.89 bits per heavy atom. The Morgan fingerprint density at radius 1 is 1.16 bits per heavy atom. The largest absolute Gasteiger partial charge is 0.312 e. The van der Waals surface area contributed by atoms with Crippen molar-refractivity contribution in [3.8, 4) is 6.07 Å². The van der Waals surface area contributed by atoms with E-state index in [9.17, 15) is 10.1 Å². The van der Waals surface area contributed by atoms with Crippen molar-refractivity contribution < 1.29 is 4.79 Å². The van der Waals surface area contributed by atoms with E-state index < -0.39 is 0 Å². The Morgan fingerprint density at radius 3 is 2.53 bits per heavy atom. The number of anilines is 1. The molecule has 96 valence electrons. The standard InChI is InChI=1S/C16H16N2O/c17-10-16(5-1-6-16)13-8-11-2-3-14(19)18-7-4-12(9-13)15(11)18/h8-9H,1-7H2. The molecule has 0 saturated heterocycles. The molecule has 19 heavy (non-hydrogen) atoms. The second-order valence-electron chi connectivity index (χ2n) is 5.99. The van der Waals surface area contributed by atoms with E-state index in [0.717, 1.165) is 44.3 Å². The molecule has 3 heteroatoms. The van der Waals surface area contributed by atoms with E-state index in [1.54, 1.807) is 0 Å². The minimum atomic E-state index is -0.236. The smallest absolute Gasteiger partial charge is 0.227 e. The van der Waals surface area contributed by atoms with E-state index in [4.69, 9.17) is 0 Å². The zero-order chi connectivity index (χ0) is 13.0. The normalized spacial score (nSPS) is 22.7. The highest BCUT2D eigenvalue weighted by atomic mass is 16.2. The van der Waals surface area contributed by atoms with Gasteiger partial charge < -0.3 is 4.90 Å². The molecule has 0 aromatic heterocycles. The zero-order valence-electron chi connectivity index (χ0n) is 10.9. The van der Waals surface area contributed by atoms with Gasteiger partial charge >= 0.3 is 0 Å². The van der Waals surface area contributed by atoms with Crippen LogP contribution in [-0.2, 0) is 23.1 Å². The van der Waals surface area contributed by atoms with Crippen LogP contribution in [0.2, 0.25) is 0 Å². The van der Waals surface area contributed by atoms with Crippen LogP contribution in [0.5, 0.6) is 0 Å². The Kier molecular flexibility index (Phi) is 2.09. The summed E-state index contributed by atoms with van der Waals surface area (Å²) in [6, 6.07) is 6.93. The second-order valence-corrected chi connectivity index (χ2v) is 5.99. The third kappa shape index (κ3) is 1.35. The van der Waals surface area contributed by atoms with Crippen LogP contribution in [0.15, 0.2) is 12.1 Å². The average Bonchev–Trinajstić information content (AvgIpc) is 2.79. The lowest BCUT2D eigenvalue weighted by atomic mass is 9.65. The fourth-order valence-corrected chi connectivity index (χ4v) is 3.73. The van der Waals surface area contributed by atoms with Gasteiger partial charge in [-0.1, -0.05) is 12.1 Å². The molecule has 2 aliphatic heterocycles. The van der Waals surface area contributed by atoms with Gasteiger partial charge in [0.15, 0.2) is 0 Å². The molecule has 1 aromatic carbocycles. The minimum absolute atomic E-state index is 0.236. The molecule has 1 aliphatic carbocycles. The van der Waals surface area contributed by atoms with Gasteiger partial charge in [-0.25, -0.2) is 0 Å². The molecule has 0 atom stereocenters. The quantitative estimate of drug-likeness (QED) is 0.770. The number of rotatable bonds is 1. The molecule has 0 bridgehead atoms. The summed E-state index contributed by atoms with van der Waals surface area (Å²) in [6.07, 6.45) is 5.55. The fraction of sp³-hybridized carbons (Fsp3) is 0.500. The molecule has 2 heterocycles. The number of amides is 1. The van der Waals surface area contributed by atoms with Gasteiger partial charge in [0.05, 0.1) is 17.2 Å². The van der Waals surface area contributed by atoms with Gasteiger partial charge in [-0.15, -0.1) is 0 Å². The number of hydrogen-bond donors (Lipinski definition) is 0. The molecule has 4 rings (SSSR count). The fourth-order valence-electron chi connectivity index (χ4n) is 3.73. The third-order valence-corrected chi connectivity index (χ3v) is 5.03. The molecule has 1 saturated carbocycles. The second kappa shape index (κ2) is 3.60. The summed E-state index contributed by atoms with van der Waals surface area (Å²) in [5.74, 6) is 0.262. The SMILES string of the molecule is N#CC1(c2cc3c4c(c2)CCN4C(=O)CC3)CCC1. The molecular formula is C16H16N2O. The maximum atomic E-state index is 11.9. The summed E-state index contributed by atoms with van der Waals surface area (Å²) >= 11 is 0. The molecule has 0 radical (unpaired) electrons. The lowest BCUT2D eigenvalue weighted by Crippen LogP contribution is -2.34. The minimum Gasteiger partial charge on any atom is -0.312 e. The lowest BCUT2D eigenvalue weighted by molar-refractivity contribution is -0.118. The summed E-state index contributed by atoms with van der Waals surface area (Å²) < 4.78 is 0. The van der Waals surface area contributed by atoms with Gasteiger partial charge in [-0.2, -0.15) is 5.26 Å². The maximum Gasteiger partial charge on any atom is 0.227 e. The molecule has 3 aliphatic rings. The number of carbonyl (C=O) groups excluding carboxylic acids is 1. The van der Waals surface area contributed by atoms with Crippen molar-refractivity contribution >= 4 is 11.6 Å². The highest BCUT2D eigenvalue weighted by Crippen LogP contribution is 2.46. The first-order valence-electron chi connectivity index (χ1n) is 7.11. The molecule has 0 spiro atoms. The van der Waals surface area contributed by atoms with Gasteiger partial charge in [0.2, 0.25) is 5.91 Å². The van der Waals surface area contributed by atoms with Crippen molar-refractivity contribution in [3.63, 3.8) is 0 Å². The van der Waals surface area contributed by atoms with Crippen LogP contribution < -0.4 is 4.90 Å². The topological polar surface area (TPSA) is 44.1 Å². The van der Waals surface area contributed by atoms with E-state index >= 15 is 0 Å². The maximum absolute atomic E-state index is 11.9. The van der Waals surface area contributed by atoms with Crippen LogP contribution in [0.4, 0.5) is 5.69 Å². The third-order valence-electron chi connectivity index (χ3n) is 5.03. The van der Waals surface area contributed by atoms with E-state index in [2.05, 4.69) is 18.2 Å². The summed E-state index contributed by atoms with van der Waals surface area (Å²) in [5, 5.41) is 9.50. The highest BCUT2D eigenvalue weighted by Gasteiger charge is 2.41. The van der Waals surface area contributed by atoms with Crippen LogP contribution in [0.3, 0.4) is 0 Å². The average molecular weight is 252 g/mol. The molecule has 3 nitrogen and oxygen atoms in total. The summed E-state index contributed by atoms with van der Waals surface area (Å²) in [7, 11) is 0. The zero-order valence-corrected chi connectivity index (χ0v) is 10.9. The number of carbonyl (C=O) groups is 1. The molecule has 1 fully saturated rings. The first-order chi connectivity index (χ1) is 9.23. The number of nitrogens with zero attached hydrogens (tertiary/aromatic N) is 2. The van der Waals surface area contributed by atoms with E-state index in [-0.39, 0.29) is 11.3 Å². The summed E-state index contributed by atoms with van der Waals surface area (Å²) in [5.41, 5.74) is 4.69. The number of aryl methyl sites for hydroxylation is 1. The van der Waals surface area contributed by atoms with Gasteiger partial charge in [-0.05, 0) is 48.8 Å². The predicted octanol–water partition coefficient (Wildman–Crippen LogP) is 2.47. The van der Waals surface area contributed by atoms with Gasteiger partial charge in [0, 0.05) is 13.0 Å². The highest BCUT2D eigenvalue weighted by molar-refractivity contribution is 5.98. The first kappa shape index (κ1) is 11.0. The van der Waals surface area contributed by atoms with Crippen molar-refractivity contribution in [2.75, 3.05) is 11.4 Å².